The number of hydrogen-bond acceptors (Lipinski definition) is 4. The average molecular weight is 492 g/mol. The Balaban J connectivity index is 0.000000496. The fraction of sp³-hybridized carbons (Fsp3) is 0.375. The van der Waals surface area contributed by atoms with Gasteiger partial charge in [-0.1, -0.05) is 86.2 Å². The maximum absolute atomic E-state index is 7.00. The van der Waals surface area contributed by atoms with Crippen LogP contribution in [0.15, 0.2) is 66.7 Å². The summed E-state index contributed by atoms with van der Waals surface area (Å²) in [6, 6.07) is 22.8. The Kier molecular flexibility index (Phi) is 15.7. The van der Waals surface area contributed by atoms with Gasteiger partial charge in [-0.05, 0) is 68.6 Å². The lowest BCUT2D eigenvalue weighted by Gasteiger charge is -2.20. The van der Waals surface area contributed by atoms with Gasteiger partial charge in [0.25, 0.3) is 0 Å². The molecule has 4 rings (SSSR count). The summed E-state index contributed by atoms with van der Waals surface area (Å²) in [5.41, 5.74) is 6.04. The number of aryl methyl sites for hydroxylation is 2. The molecule has 0 aromatic heterocycles. The summed E-state index contributed by atoms with van der Waals surface area (Å²) in [6.45, 7) is 11.4. The molecule has 0 unspecified atom stereocenters. The minimum atomic E-state index is 0.883. The van der Waals surface area contributed by atoms with Crippen LogP contribution in [-0.2, 0) is 6.54 Å². The van der Waals surface area contributed by atoms with E-state index >= 15 is 0 Å². The average Bonchev–Trinajstić information content (AvgIpc) is 3.45. The normalized spacial score (nSPS) is 12.4. The molecule has 3 aromatic rings. The van der Waals surface area contributed by atoms with Gasteiger partial charge in [0, 0.05) is 13.7 Å². The fourth-order valence-electron chi connectivity index (χ4n) is 3.91. The summed E-state index contributed by atoms with van der Waals surface area (Å²) in [7, 11) is 4.47. The van der Waals surface area contributed by atoms with E-state index in [0.29, 0.717) is 0 Å². The number of methoxy groups -OCH3 is 2. The summed E-state index contributed by atoms with van der Waals surface area (Å²) in [5, 5.41) is 7.00. The zero-order valence-electron chi connectivity index (χ0n) is 23.3. The number of aliphatic hydroxyl groups is 1. The second kappa shape index (κ2) is 18.2. The van der Waals surface area contributed by atoms with Gasteiger partial charge in [-0.2, -0.15) is 0 Å². The molecule has 0 radical (unpaired) electrons. The van der Waals surface area contributed by atoms with Crippen LogP contribution in [0.5, 0.6) is 11.5 Å². The van der Waals surface area contributed by atoms with Crippen molar-refractivity contribution in [3.63, 3.8) is 0 Å². The monoisotopic (exact) mass is 491 g/mol. The molecule has 0 spiro atoms. The number of ether oxygens (including phenoxy) is 2. The van der Waals surface area contributed by atoms with E-state index in [9.17, 15) is 0 Å². The van der Waals surface area contributed by atoms with Crippen LogP contribution in [0.2, 0.25) is 0 Å². The lowest BCUT2D eigenvalue weighted by molar-refractivity contribution is 0.309. The zero-order chi connectivity index (χ0) is 26.8. The van der Waals surface area contributed by atoms with Crippen LogP contribution in [0.3, 0.4) is 0 Å². The molecule has 1 N–H and O–H groups in total. The van der Waals surface area contributed by atoms with Crippen LogP contribution in [0, 0.1) is 13.8 Å². The van der Waals surface area contributed by atoms with Crippen LogP contribution < -0.4 is 9.47 Å². The molecule has 1 saturated heterocycles. The van der Waals surface area contributed by atoms with Crippen molar-refractivity contribution in [1.82, 2.24) is 4.90 Å². The van der Waals surface area contributed by atoms with Crippen molar-refractivity contribution in [3.8, 4) is 11.5 Å². The number of benzene rings is 3. The molecule has 1 fully saturated rings. The van der Waals surface area contributed by atoms with Crippen LogP contribution in [0.25, 0.3) is 12.2 Å². The molecular weight excluding hydrogens is 446 g/mol. The first kappa shape index (κ1) is 31.0. The predicted octanol–water partition coefficient (Wildman–Crippen LogP) is 7.41. The van der Waals surface area contributed by atoms with Gasteiger partial charge in [0.05, 0.1) is 19.8 Å². The Morgan fingerprint density at radius 2 is 1.31 bits per heavy atom. The van der Waals surface area contributed by atoms with Gasteiger partial charge in [-0.25, -0.2) is 0 Å². The molecule has 0 atom stereocenters. The van der Waals surface area contributed by atoms with Crippen molar-refractivity contribution < 1.29 is 14.6 Å². The second-order valence-corrected chi connectivity index (χ2v) is 8.23. The first-order chi connectivity index (χ1) is 17.6. The van der Waals surface area contributed by atoms with E-state index in [-0.39, 0.29) is 0 Å². The number of likely N-dealkylation sites (tertiary alicyclic amines) is 1. The molecular formula is C32H45NO3. The van der Waals surface area contributed by atoms with Gasteiger partial charge in [0.2, 0.25) is 0 Å². The largest absolute Gasteiger partial charge is 0.496 e. The maximum Gasteiger partial charge on any atom is 0.127 e. The van der Waals surface area contributed by atoms with Gasteiger partial charge in [0.15, 0.2) is 0 Å². The quantitative estimate of drug-likeness (QED) is 0.365. The van der Waals surface area contributed by atoms with Crippen molar-refractivity contribution in [2.24, 2.45) is 0 Å². The Morgan fingerprint density at radius 1 is 0.778 bits per heavy atom. The van der Waals surface area contributed by atoms with E-state index in [4.69, 9.17) is 14.6 Å². The van der Waals surface area contributed by atoms with E-state index in [1.165, 1.54) is 29.5 Å². The van der Waals surface area contributed by atoms with Gasteiger partial charge in [-0.3, -0.25) is 4.90 Å². The predicted molar refractivity (Wildman–Crippen MR) is 155 cm³/mol. The summed E-state index contributed by atoms with van der Waals surface area (Å²) in [4.78, 5) is 2.46. The third-order valence-electron chi connectivity index (χ3n) is 5.79. The minimum absolute atomic E-state index is 0.883. The molecule has 1 aliphatic rings. The van der Waals surface area contributed by atoms with Crippen molar-refractivity contribution in [3.05, 3.63) is 94.5 Å². The molecule has 1 heterocycles. The van der Waals surface area contributed by atoms with Crippen LogP contribution in [0.4, 0.5) is 0 Å². The third kappa shape index (κ3) is 10.3. The molecule has 36 heavy (non-hydrogen) atoms. The molecule has 0 saturated carbocycles. The first-order valence-corrected chi connectivity index (χ1v) is 12.8. The molecule has 3 aromatic carbocycles. The standard InChI is InChI=1S/C22H27NO2.C7H8.C2H6.CH4O/c1-17-8-4-5-9-19(17)11-10-18-14-21(24-2)20(22(15-18)25-3)16-23-12-6-7-13-23;1-7-5-3-2-4-6-7;2*1-2/h4-5,8-11,14-15H,6-7,12-13,16H2,1-3H3;2-6H,1H3;1-2H3;2H,1H3/b11-10+;;;. The van der Waals surface area contributed by atoms with Gasteiger partial charge in [0.1, 0.15) is 11.5 Å². The molecule has 0 amide bonds. The number of rotatable bonds is 6. The van der Waals surface area contributed by atoms with Crippen molar-refractivity contribution in [1.29, 1.82) is 0 Å². The number of hydrogen-bond donors (Lipinski definition) is 1. The fourth-order valence-corrected chi connectivity index (χ4v) is 3.91. The third-order valence-corrected chi connectivity index (χ3v) is 5.79. The summed E-state index contributed by atoms with van der Waals surface area (Å²) in [5.74, 6) is 1.80. The van der Waals surface area contributed by atoms with Gasteiger partial charge in [-0.15, -0.1) is 0 Å². The van der Waals surface area contributed by atoms with Crippen LogP contribution in [-0.4, -0.2) is 44.4 Å². The van der Waals surface area contributed by atoms with Crippen molar-refractivity contribution >= 4 is 12.2 Å². The molecule has 0 aliphatic carbocycles. The van der Waals surface area contributed by atoms with Gasteiger partial charge < -0.3 is 14.6 Å². The van der Waals surface area contributed by atoms with Gasteiger partial charge >= 0.3 is 0 Å². The van der Waals surface area contributed by atoms with E-state index in [0.717, 1.165) is 49.4 Å². The van der Waals surface area contributed by atoms with E-state index in [1.54, 1.807) is 14.2 Å². The summed E-state index contributed by atoms with van der Waals surface area (Å²) >= 11 is 0. The highest BCUT2D eigenvalue weighted by Crippen LogP contribution is 2.33. The highest BCUT2D eigenvalue weighted by atomic mass is 16.5. The first-order valence-electron chi connectivity index (χ1n) is 12.8. The lowest BCUT2D eigenvalue weighted by atomic mass is 10.0. The van der Waals surface area contributed by atoms with E-state index < -0.39 is 0 Å². The molecule has 4 heteroatoms. The summed E-state index contributed by atoms with van der Waals surface area (Å²) < 4.78 is 11.3. The van der Waals surface area contributed by atoms with Crippen LogP contribution >= 0.6 is 0 Å². The highest BCUT2D eigenvalue weighted by molar-refractivity contribution is 5.73. The van der Waals surface area contributed by atoms with Crippen molar-refractivity contribution in [2.45, 2.75) is 47.1 Å². The molecule has 0 bridgehead atoms. The maximum atomic E-state index is 7.00. The minimum Gasteiger partial charge on any atom is -0.496 e. The Bertz CT molecular complexity index is 984. The highest BCUT2D eigenvalue weighted by Gasteiger charge is 2.18. The molecule has 4 nitrogen and oxygen atoms in total. The number of aliphatic hydroxyl groups excluding tert-OH is 1. The van der Waals surface area contributed by atoms with Crippen LogP contribution in [0.1, 0.15) is 54.5 Å². The molecule has 196 valence electrons. The van der Waals surface area contributed by atoms with Crippen molar-refractivity contribution in [2.75, 3.05) is 34.4 Å². The Hall–Kier alpha value is -3.08. The second-order valence-electron chi connectivity index (χ2n) is 8.23. The summed E-state index contributed by atoms with van der Waals surface area (Å²) in [6.07, 6.45) is 6.82. The smallest absolute Gasteiger partial charge is 0.127 e. The van der Waals surface area contributed by atoms with E-state index in [1.807, 2.05) is 32.0 Å². The number of nitrogens with zero attached hydrogens (tertiary/aromatic N) is 1. The lowest BCUT2D eigenvalue weighted by Crippen LogP contribution is -2.19. The Labute approximate surface area is 219 Å². The SMILES string of the molecule is CC.CO.COc1cc(/C=C/c2ccccc2C)cc(OC)c1CN1CCCC1.Cc1ccccc1. The topological polar surface area (TPSA) is 41.9 Å². The Morgan fingerprint density at radius 3 is 1.78 bits per heavy atom. The molecule has 1 aliphatic heterocycles. The zero-order valence-corrected chi connectivity index (χ0v) is 23.3. The van der Waals surface area contributed by atoms with E-state index in [2.05, 4.69) is 79.4 Å².